The molecule has 0 aliphatic heterocycles. The van der Waals surface area contributed by atoms with E-state index >= 15 is 0 Å². The summed E-state index contributed by atoms with van der Waals surface area (Å²) in [7, 11) is 0. The molecule has 0 bridgehead atoms. The number of benzene rings is 2. The van der Waals surface area contributed by atoms with Gasteiger partial charge in [-0.1, -0.05) is 60.1 Å². The third-order valence-corrected chi connectivity index (χ3v) is 5.36. The molecule has 0 unspecified atom stereocenters. The van der Waals surface area contributed by atoms with E-state index < -0.39 is 10.7 Å². The molecule has 4 rings (SSSR count). The number of nitrogens with zero attached hydrogens (tertiary/aromatic N) is 5. The Morgan fingerprint density at radius 2 is 1.75 bits per heavy atom. The molecule has 32 heavy (non-hydrogen) atoms. The maximum atomic E-state index is 12.5. The average Bonchev–Trinajstić information content (AvgIpc) is 3.36. The zero-order valence-electron chi connectivity index (χ0n) is 17.1. The van der Waals surface area contributed by atoms with Gasteiger partial charge in [0.05, 0.1) is 22.2 Å². The Balaban J connectivity index is 1.55. The summed E-state index contributed by atoms with van der Waals surface area (Å²) in [5.41, 5.74) is 3.77. The highest BCUT2D eigenvalue weighted by molar-refractivity contribution is 6.33. The third-order valence-electron chi connectivity index (χ3n) is 4.92. The fourth-order valence-electron chi connectivity index (χ4n) is 3.26. The minimum absolute atomic E-state index is 0.0710. The van der Waals surface area contributed by atoms with Crippen LogP contribution in [0.1, 0.15) is 11.3 Å². The van der Waals surface area contributed by atoms with Gasteiger partial charge in [-0.3, -0.25) is 4.79 Å². The minimum atomic E-state index is -0.673. The van der Waals surface area contributed by atoms with E-state index in [0.29, 0.717) is 5.69 Å². The molecule has 162 valence electrons. The maximum absolute atomic E-state index is 12.5. The minimum Gasteiger partial charge on any atom is -0.358 e. The summed E-state index contributed by atoms with van der Waals surface area (Å²) in [4.78, 5) is 22.9. The van der Waals surface area contributed by atoms with Gasteiger partial charge in [0.15, 0.2) is 5.02 Å². The second kappa shape index (κ2) is 9.03. The number of carbonyl (C=O) groups is 1. The Morgan fingerprint density at radius 1 is 1.09 bits per heavy atom. The predicted octanol–water partition coefficient (Wildman–Crippen LogP) is 3.92. The zero-order valence-corrected chi connectivity index (χ0v) is 17.9. The number of carbonyl (C=O) groups excluding carboxylic acids is 1. The van der Waals surface area contributed by atoms with Crippen molar-refractivity contribution in [2.24, 2.45) is 0 Å². The summed E-state index contributed by atoms with van der Waals surface area (Å²) < 4.78 is 2.99. The number of rotatable bonds is 7. The number of amides is 1. The largest absolute Gasteiger partial charge is 0.408 e. The Morgan fingerprint density at radius 3 is 2.38 bits per heavy atom. The zero-order chi connectivity index (χ0) is 22.7. The van der Waals surface area contributed by atoms with E-state index in [0.717, 1.165) is 22.5 Å². The van der Waals surface area contributed by atoms with Crippen molar-refractivity contribution in [3.8, 4) is 16.9 Å². The van der Waals surface area contributed by atoms with Gasteiger partial charge in [0, 0.05) is 23.9 Å². The first-order valence-electron chi connectivity index (χ1n) is 9.77. The van der Waals surface area contributed by atoms with Crippen LogP contribution in [-0.4, -0.2) is 30.4 Å². The fourth-order valence-corrected chi connectivity index (χ4v) is 3.46. The van der Waals surface area contributed by atoms with Crippen LogP contribution in [0.5, 0.6) is 0 Å². The first-order chi connectivity index (χ1) is 15.4. The lowest BCUT2D eigenvalue weighted by atomic mass is 10.1. The van der Waals surface area contributed by atoms with Crippen molar-refractivity contribution in [1.82, 2.24) is 24.9 Å². The van der Waals surface area contributed by atoms with Gasteiger partial charge in [0.1, 0.15) is 6.54 Å². The molecule has 0 aliphatic carbocycles. The maximum Gasteiger partial charge on any atom is 0.408 e. The molecule has 1 amide bonds. The van der Waals surface area contributed by atoms with Crippen LogP contribution < -0.4 is 5.32 Å². The Kier molecular flexibility index (Phi) is 6.00. The molecule has 0 aliphatic rings. The van der Waals surface area contributed by atoms with Crippen molar-refractivity contribution in [2.45, 2.75) is 20.0 Å². The molecule has 10 heteroatoms. The summed E-state index contributed by atoms with van der Waals surface area (Å²) in [6.45, 7) is 1.62. The van der Waals surface area contributed by atoms with Gasteiger partial charge < -0.3 is 15.4 Å². The normalized spacial score (nSPS) is 10.8. The Bertz CT molecular complexity index is 1270. The molecule has 1 N–H and O–H groups in total. The lowest BCUT2D eigenvalue weighted by Crippen LogP contribution is -2.28. The standard InChI is InChI=1S/C22H19ClN6O3/c1-15-20(23)22(29(31)32)26-27(15)14-19(30)24-12-17-13-28(18-10-6-3-7-11-18)25-21(17)16-8-4-2-5-9-16/h2-11,13H,12,14H2,1H3,(H,24,30). The lowest BCUT2D eigenvalue weighted by Gasteiger charge is -2.05. The summed E-state index contributed by atoms with van der Waals surface area (Å²) in [6, 6.07) is 19.4. The Hall–Kier alpha value is -3.98. The van der Waals surface area contributed by atoms with Crippen molar-refractivity contribution < 1.29 is 9.72 Å². The number of para-hydroxylation sites is 1. The van der Waals surface area contributed by atoms with E-state index in [1.165, 1.54) is 4.68 Å². The lowest BCUT2D eigenvalue weighted by molar-refractivity contribution is -0.389. The second-order valence-electron chi connectivity index (χ2n) is 7.06. The van der Waals surface area contributed by atoms with E-state index in [1.54, 1.807) is 11.6 Å². The van der Waals surface area contributed by atoms with Crippen molar-refractivity contribution >= 4 is 23.3 Å². The molecule has 0 fully saturated rings. The molecule has 2 aromatic heterocycles. The van der Waals surface area contributed by atoms with Crippen molar-refractivity contribution in [3.05, 3.63) is 93.3 Å². The van der Waals surface area contributed by atoms with Gasteiger partial charge in [0.25, 0.3) is 0 Å². The highest BCUT2D eigenvalue weighted by Gasteiger charge is 2.25. The van der Waals surface area contributed by atoms with Crippen LogP contribution in [0.4, 0.5) is 5.82 Å². The van der Waals surface area contributed by atoms with Gasteiger partial charge in [-0.15, -0.1) is 0 Å². The number of aromatic nitrogens is 4. The van der Waals surface area contributed by atoms with Crippen molar-refractivity contribution in [1.29, 1.82) is 0 Å². The number of nitro groups is 1. The van der Waals surface area contributed by atoms with E-state index in [9.17, 15) is 14.9 Å². The molecule has 0 saturated heterocycles. The summed E-state index contributed by atoms with van der Waals surface area (Å²) in [6.07, 6.45) is 1.87. The van der Waals surface area contributed by atoms with E-state index in [2.05, 4.69) is 10.4 Å². The van der Waals surface area contributed by atoms with Crippen LogP contribution >= 0.6 is 11.6 Å². The molecule has 2 heterocycles. The first kappa shape index (κ1) is 21.3. The molecular weight excluding hydrogens is 432 g/mol. The van der Waals surface area contributed by atoms with Crippen LogP contribution in [0.3, 0.4) is 0 Å². The third kappa shape index (κ3) is 4.37. The summed E-state index contributed by atoms with van der Waals surface area (Å²) >= 11 is 5.95. The predicted molar refractivity (Wildman–Crippen MR) is 119 cm³/mol. The SMILES string of the molecule is Cc1c(Cl)c([N+](=O)[O-])nn1CC(=O)NCc1cn(-c2ccccc2)nc1-c1ccccc1. The smallest absolute Gasteiger partial charge is 0.358 e. The molecule has 0 saturated carbocycles. The number of hydrogen-bond acceptors (Lipinski definition) is 5. The van der Waals surface area contributed by atoms with Crippen LogP contribution in [0.15, 0.2) is 66.9 Å². The van der Waals surface area contributed by atoms with Crippen molar-refractivity contribution in [3.63, 3.8) is 0 Å². The van der Waals surface area contributed by atoms with Crippen LogP contribution in [0.25, 0.3) is 16.9 Å². The van der Waals surface area contributed by atoms with E-state index in [1.807, 2.05) is 66.9 Å². The number of halogens is 1. The molecule has 9 nitrogen and oxygen atoms in total. The summed E-state index contributed by atoms with van der Waals surface area (Å²) in [5, 5.41) is 22.3. The second-order valence-corrected chi connectivity index (χ2v) is 7.44. The van der Waals surface area contributed by atoms with Crippen LogP contribution in [0.2, 0.25) is 5.02 Å². The molecule has 2 aromatic carbocycles. The number of hydrogen-bond donors (Lipinski definition) is 1. The number of nitrogens with one attached hydrogen (secondary N) is 1. The molecule has 0 atom stereocenters. The van der Waals surface area contributed by atoms with Gasteiger partial charge >= 0.3 is 5.82 Å². The van der Waals surface area contributed by atoms with Gasteiger partial charge in [-0.05, 0) is 24.0 Å². The van der Waals surface area contributed by atoms with Gasteiger partial charge in [-0.2, -0.15) is 9.78 Å². The molecule has 0 spiro atoms. The monoisotopic (exact) mass is 450 g/mol. The average molecular weight is 451 g/mol. The topological polar surface area (TPSA) is 108 Å². The highest BCUT2D eigenvalue weighted by Crippen LogP contribution is 2.26. The fraction of sp³-hybridized carbons (Fsp3) is 0.136. The first-order valence-corrected chi connectivity index (χ1v) is 10.1. The van der Waals surface area contributed by atoms with Gasteiger partial charge in [0.2, 0.25) is 5.91 Å². The molecule has 4 aromatic rings. The molecular formula is C22H19ClN6O3. The van der Waals surface area contributed by atoms with Gasteiger partial charge in [-0.25, -0.2) is 4.68 Å². The van der Waals surface area contributed by atoms with Crippen LogP contribution in [-0.2, 0) is 17.9 Å². The van der Waals surface area contributed by atoms with Crippen molar-refractivity contribution in [2.75, 3.05) is 0 Å². The molecule has 0 radical (unpaired) electrons. The quantitative estimate of drug-likeness (QED) is 0.339. The van der Waals surface area contributed by atoms with E-state index in [4.69, 9.17) is 16.7 Å². The Labute approximate surface area is 188 Å². The summed E-state index contributed by atoms with van der Waals surface area (Å²) in [5.74, 6) is -0.818. The van der Waals surface area contributed by atoms with Crippen LogP contribution in [0, 0.1) is 17.0 Å². The van der Waals surface area contributed by atoms with E-state index in [-0.39, 0.29) is 24.0 Å². The highest BCUT2D eigenvalue weighted by atomic mass is 35.5.